The monoisotopic (exact) mass is 270 g/mol. The molecular weight excluding hydrogens is 264 g/mol. The zero-order valence-corrected chi connectivity index (χ0v) is 8.79. The summed E-state index contributed by atoms with van der Waals surface area (Å²) >= 11 is 3.03. The van der Waals surface area contributed by atoms with Crippen molar-refractivity contribution in [2.45, 2.75) is 17.9 Å². The normalized spacial score (nSPS) is 14.1. The molecule has 0 aliphatic rings. The molecule has 1 unspecified atom stereocenters. The minimum atomic E-state index is -4.51. The standard InChI is InChI=1S/C9H7BrF4/c1-5(10)7-3-2-6(11)4-8(7)9(12,13)14/h2-5H,1H3. The summed E-state index contributed by atoms with van der Waals surface area (Å²) in [6.07, 6.45) is -4.51. The Hall–Kier alpha value is -0.580. The van der Waals surface area contributed by atoms with E-state index >= 15 is 0 Å². The number of alkyl halides is 4. The second-order valence-corrected chi connectivity index (χ2v) is 4.22. The van der Waals surface area contributed by atoms with Crippen LogP contribution < -0.4 is 0 Å². The molecule has 0 saturated carbocycles. The lowest BCUT2D eigenvalue weighted by molar-refractivity contribution is -0.138. The molecule has 1 atom stereocenters. The largest absolute Gasteiger partial charge is 0.416 e. The summed E-state index contributed by atoms with van der Waals surface area (Å²) in [7, 11) is 0. The molecule has 0 nitrogen and oxygen atoms in total. The second kappa shape index (κ2) is 3.88. The van der Waals surface area contributed by atoms with Crippen molar-refractivity contribution in [1.82, 2.24) is 0 Å². The first kappa shape index (κ1) is 11.5. The van der Waals surface area contributed by atoms with E-state index in [1.807, 2.05) is 0 Å². The van der Waals surface area contributed by atoms with E-state index in [0.717, 1.165) is 12.1 Å². The van der Waals surface area contributed by atoms with E-state index in [1.54, 1.807) is 6.92 Å². The van der Waals surface area contributed by atoms with E-state index in [-0.39, 0.29) is 5.56 Å². The second-order valence-electron chi connectivity index (χ2n) is 2.85. The fourth-order valence-corrected chi connectivity index (χ4v) is 1.52. The Morgan fingerprint density at radius 3 is 2.29 bits per heavy atom. The molecule has 0 aromatic heterocycles. The molecule has 0 saturated heterocycles. The average Bonchev–Trinajstić information content (AvgIpc) is 2.01. The van der Waals surface area contributed by atoms with Gasteiger partial charge in [-0.3, -0.25) is 0 Å². The maximum Gasteiger partial charge on any atom is 0.416 e. The lowest BCUT2D eigenvalue weighted by Crippen LogP contribution is -2.09. The zero-order valence-electron chi connectivity index (χ0n) is 7.20. The maximum absolute atomic E-state index is 12.6. The highest BCUT2D eigenvalue weighted by molar-refractivity contribution is 9.09. The summed E-state index contributed by atoms with van der Waals surface area (Å²) in [5, 5.41) is 0. The molecule has 0 aliphatic heterocycles. The third-order valence-corrected chi connectivity index (χ3v) is 2.24. The van der Waals surface area contributed by atoms with Gasteiger partial charge in [-0.15, -0.1) is 0 Å². The molecule has 0 aliphatic carbocycles. The van der Waals surface area contributed by atoms with Gasteiger partial charge in [-0.2, -0.15) is 13.2 Å². The smallest absolute Gasteiger partial charge is 0.207 e. The van der Waals surface area contributed by atoms with Crippen LogP contribution in [-0.4, -0.2) is 0 Å². The van der Waals surface area contributed by atoms with Gasteiger partial charge in [0.25, 0.3) is 0 Å². The van der Waals surface area contributed by atoms with E-state index in [2.05, 4.69) is 15.9 Å². The van der Waals surface area contributed by atoms with Gasteiger partial charge in [0, 0.05) is 4.83 Å². The molecule has 0 fully saturated rings. The van der Waals surface area contributed by atoms with E-state index in [4.69, 9.17) is 0 Å². The first-order valence-electron chi connectivity index (χ1n) is 3.83. The molecule has 78 valence electrons. The van der Waals surface area contributed by atoms with Gasteiger partial charge in [-0.1, -0.05) is 22.0 Å². The van der Waals surface area contributed by atoms with E-state index < -0.39 is 22.4 Å². The summed E-state index contributed by atoms with van der Waals surface area (Å²) in [5.74, 6) is -0.880. The van der Waals surface area contributed by atoms with Crippen LogP contribution in [0.3, 0.4) is 0 Å². The Balaban J connectivity index is 3.30. The third kappa shape index (κ3) is 2.47. The Bertz CT molecular complexity index is 330. The predicted octanol–water partition coefficient (Wildman–Crippen LogP) is 4.30. The number of rotatable bonds is 1. The molecule has 0 amide bonds. The van der Waals surface area contributed by atoms with Crippen LogP contribution in [0.15, 0.2) is 18.2 Å². The Morgan fingerprint density at radius 1 is 1.29 bits per heavy atom. The van der Waals surface area contributed by atoms with Crippen molar-refractivity contribution in [3.05, 3.63) is 35.1 Å². The number of halogens is 5. The highest BCUT2D eigenvalue weighted by Crippen LogP contribution is 2.37. The number of hydrogen-bond acceptors (Lipinski definition) is 0. The summed E-state index contributed by atoms with van der Waals surface area (Å²) in [5.41, 5.74) is -0.888. The molecule has 0 bridgehead atoms. The summed E-state index contributed by atoms with van der Waals surface area (Å²) in [6.45, 7) is 1.56. The summed E-state index contributed by atoms with van der Waals surface area (Å²) < 4.78 is 49.8. The van der Waals surface area contributed by atoms with Crippen LogP contribution in [0, 0.1) is 5.82 Å². The van der Waals surface area contributed by atoms with Crippen LogP contribution in [0.2, 0.25) is 0 Å². The highest BCUT2D eigenvalue weighted by Gasteiger charge is 2.34. The van der Waals surface area contributed by atoms with Gasteiger partial charge in [0.15, 0.2) is 0 Å². The quantitative estimate of drug-likeness (QED) is 0.527. The van der Waals surface area contributed by atoms with Gasteiger partial charge in [-0.05, 0) is 24.6 Å². The lowest BCUT2D eigenvalue weighted by Gasteiger charge is -2.14. The van der Waals surface area contributed by atoms with E-state index in [1.165, 1.54) is 0 Å². The molecular formula is C9H7BrF4. The highest BCUT2D eigenvalue weighted by atomic mass is 79.9. The summed E-state index contributed by atoms with van der Waals surface area (Å²) in [4.78, 5) is -0.459. The molecule has 14 heavy (non-hydrogen) atoms. The third-order valence-electron chi connectivity index (χ3n) is 1.75. The molecule has 5 heteroatoms. The van der Waals surface area contributed by atoms with Crippen LogP contribution >= 0.6 is 15.9 Å². The first-order valence-corrected chi connectivity index (χ1v) is 4.74. The SMILES string of the molecule is CC(Br)c1ccc(F)cc1C(F)(F)F. The maximum atomic E-state index is 12.6. The van der Waals surface area contributed by atoms with E-state index in [9.17, 15) is 17.6 Å². The fraction of sp³-hybridized carbons (Fsp3) is 0.333. The van der Waals surface area contributed by atoms with Crippen molar-refractivity contribution < 1.29 is 17.6 Å². The van der Waals surface area contributed by atoms with Crippen molar-refractivity contribution in [3.8, 4) is 0 Å². The van der Waals surface area contributed by atoms with Crippen molar-refractivity contribution in [3.63, 3.8) is 0 Å². The molecule has 1 aromatic carbocycles. The molecule has 1 rings (SSSR count). The molecule has 0 N–H and O–H groups in total. The minimum Gasteiger partial charge on any atom is -0.207 e. The zero-order chi connectivity index (χ0) is 10.9. The predicted molar refractivity (Wildman–Crippen MR) is 48.7 cm³/mol. The Morgan fingerprint density at radius 2 is 1.86 bits per heavy atom. The van der Waals surface area contributed by atoms with E-state index in [0.29, 0.717) is 6.07 Å². The van der Waals surface area contributed by atoms with Gasteiger partial charge in [-0.25, -0.2) is 4.39 Å². The van der Waals surface area contributed by atoms with Crippen molar-refractivity contribution in [2.75, 3.05) is 0 Å². The average molecular weight is 271 g/mol. The topological polar surface area (TPSA) is 0 Å². The molecule has 0 heterocycles. The molecule has 0 radical (unpaired) electrons. The molecule has 1 aromatic rings. The van der Waals surface area contributed by atoms with Crippen LogP contribution in [0.5, 0.6) is 0 Å². The van der Waals surface area contributed by atoms with Crippen molar-refractivity contribution in [2.24, 2.45) is 0 Å². The first-order chi connectivity index (χ1) is 6.32. The molecule has 0 spiro atoms. The van der Waals surface area contributed by atoms with Gasteiger partial charge in [0.1, 0.15) is 5.82 Å². The Labute approximate surface area is 87.1 Å². The van der Waals surface area contributed by atoms with Gasteiger partial charge in [0.2, 0.25) is 0 Å². The summed E-state index contributed by atoms with van der Waals surface area (Å²) in [6, 6.07) is 2.66. The van der Waals surface area contributed by atoms with Crippen LogP contribution in [0.1, 0.15) is 22.9 Å². The lowest BCUT2D eigenvalue weighted by atomic mass is 10.0. The van der Waals surface area contributed by atoms with Crippen LogP contribution in [-0.2, 0) is 6.18 Å². The minimum absolute atomic E-state index is 0.0406. The van der Waals surface area contributed by atoms with Gasteiger partial charge >= 0.3 is 6.18 Å². The van der Waals surface area contributed by atoms with Crippen LogP contribution in [0.4, 0.5) is 17.6 Å². The van der Waals surface area contributed by atoms with Crippen LogP contribution in [0.25, 0.3) is 0 Å². The van der Waals surface area contributed by atoms with Gasteiger partial charge in [0.05, 0.1) is 5.56 Å². The van der Waals surface area contributed by atoms with Crippen molar-refractivity contribution in [1.29, 1.82) is 0 Å². The fourth-order valence-electron chi connectivity index (χ4n) is 1.12. The number of hydrogen-bond donors (Lipinski definition) is 0. The van der Waals surface area contributed by atoms with Gasteiger partial charge < -0.3 is 0 Å². The Kier molecular flexibility index (Phi) is 3.19. The number of benzene rings is 1. The van der Waals surface area contributed by atoms with Crippen molar-refractivity contribution >= 4 is 15.9 Å².